The molecule has 2 amide bonds. The van der Waals surface area contributed by atoms with Crippen molar-refractivity contribution in [2.45, 2.75) is 39.8 Å². The molecule has 1 aromatic heterocycles. The number of aromatic nitrogens is 1. The Morgan fingerprint density at radius 3 is 2.67 bits per heavy atom. The summed E-state index contributed by atoms with van der Waals surface area (Å²) in [4.78, 5) is 19.2. The Labute approximate surface area is 143 Å². The summed E-state index contributed by atoms with van der Waals surface area (Å²) in [7, 11) is 0. The maximum Gasteiger partial charge on any atom is 0.318 e. The second-order valence-corrected chi connectivity index (χ2v) is 7.35. The van der Waals surface area contributed by atoms with Crippen LogP contribution in [-0.2, 0) is 6.54 Å². The number of carbonyl (C=O) groups excluding carboxylic acids is 1. The maximum atomic E-state index is 12.8. The first-order valence-electron chi connectivity index (χ1n) is 8.47. The average molecular weight is 323 g/mol. The van der Waals surface area contributed by atoms with Crippen LogP contribution < -0.4 is 5.32 Å². The number of likely N-dealkylation sites (tertiary alicyclic amines) is 1. The molecule has 1 saturated heterocycles. The van der Waals surface area contributed by atoms with E-state index < -0.39 is 0 Å². The molecule has 4 nitrogen and oxygen atoms in total. The first-order chi connectivity index (χ1) is 11.4. The van der Waals surface area contributed by atoms with Gasteiger partial charge in [0.15, 0.2) is 0 Å². The predicted molar refractivity (Wildman–Crippen MR) is 95.5 cm³/mol. The summed E-state index contributed by atoms with van der Waals surface area (Å²) in [5.41, 5.74) is 3.18. The molecule has 1 fully saturated rings. The molecule has 0 saturated carbocycles. The summed E-state index contributed by atoms with van der Waals surface area (Å²) >= 11 is 0. The fourth-order valence-electron chi connectivity index (χ4n) is 3.42. The van der Waals surface area contributed by atoms with Crippen molar-refractivity contribution in [3.8, 4) is 0 Å². The lowest BCUT2D eigenvalue weighted by molar-refractivity contribution is 0.189. The van der Waals surface area contributed by atoms with Crippen LogP contribution >= 0.6 is 0 Å². The van der Waals surface area contributed by atoms with E-state index in [1.165, 1.54) is 5.56 Å². The summed E-state index contributed by atoms with van der Waals surface area (Å²) in [5, 5.41) is 3.03. The minimum atomic E-state index is -0.0160. The van der Waals surface area contributed by atoms with Gasteiger partial charge in [0.05, 0.1) is 18.3 Å². The minimum absolute atomic E-state index is 0.0160. The molecule has 1 aliphatic heterocycles. The monoisotopic (exact) mass is 323 g/mol. The van der Waals surface area contributed by atoms with Crippen LogP contribution in [0.2, 0.25) is 0 Å². The number of aryl methyl sites for hydroxylation is 1. The Balaban J connectivity index is 1.72. The van der Waals surface area contributed by atoms with Crippen molar-refractivity contribution in [2.24, 2.45) is 5.41 Å². The Kier molecular flexibility index (Phi) is 4.56. The fraction of sp³-hybridized carbons (Fsp3) is 0.400. The van der Waals surface area contributed by atoms with Crippen LogP contribution in [0.3, 0.4) is 0 Å². The molecular weight excluding hydrogens is 298 g/mol. The average Bonchev–Trinajstić information content (AvgIpc) is 2.89. The van der Waals surface area contributed by atoms with E-state index in [4.69, 9.17) is 0 Å². The number of amides is 2. The van der Waals surface area contributed by atoms with Gasteiger partial charge in [0.25, 0.3) is 0 Å². The molecule has 1 N–H and O–H groups in total. The number of urea groups is 1. The van der Waals surface area contributed by atoms with Gasteiger partial charge >= 0.3 is 6.03 Å². The van der Waals surface area contributed by atoms with Crippen molar-refractivity contribution >= 4 is 6.03 Å². The van der Waals surface area contributed by atoms with E-state index in [9.17, 15) is 4.79 Å². The molecule has 4 heteroatoms. The fourth-order valence-corrected chi connectivity index (χ4v) is 3.42. The van der Waals surface area contributed by atoms with E-state index in [1.807, 2.05) is 48.2 Å². The quantitative estimate of drug-likeness (QED) is 0.925. The topological polar surface area (TPSA) is 45.2 Å². The van der Waals surface area contributed by atoms with Crippen LogP contribution in [0.4, 0.5) is 4.79 Å². The largest absolute Gasteiger partial charge is 0.332 e. The standard InChI is InChI=1S/C20H25N3O/c1-15-8-7-11-17(22-15)13-21-19(24)23-14-20(2,3)12-18(23)16-9-5-4-6-10-16/h4-11,18H,12-14H2,1-3H3,(H,21,24). The van der Waals surface area contributed by atoms with E-state index in [0.29, 0.717) is 6.54 Å². The van der Waals surface area contributed by atoms with Gasteiger partial charge in [-0.05, 0) is 36.5 Å². The molecule has 0 spiro atoms. The van der Waals surface area contributed by atoms with Crippen LogP contribution in [0.5, 0.6) is 0 Å². The van der Waals surface area contributed by atoms with Gasteiger partial charge in [-0.25, -0.2) is 4.79 Å². The molecular formula is C20H25N3O. The number of hydrogen-bond donors (Lipinski definition) is 1. The number of rotatable bonds is 3. The Hall–Kier alpha value is -2.36. The van der Waals surface area contributed by atoms with Crippen LogP contribution in [0.1, 0.15) is 43.3 Å². The maximum absolute atomic E-state index is 12.8. The molecule has 24 heavy (non-hydrogen) atoms. The van der Waals surface area contributed by atoms with E-state index in [2.05, 4.69) is 36.3 Å². The molecule has 2 aromatic rings. The number of hydrogen-bond acceptors (Lipinski definition) is 2. The third-order valence-corrected chi connectivity index (χ3v) is 4.53. The first kappa shape index (κ1) is 16.5. The number of pyridine rings is 1. The molecule has 1 unspecified atom stereocenters. The number of nitrogens with zero attached hydrogens (tertiary/aromatic N) is 2. The van der Waals surface area contributed by atoms with Crippen molar-refractivity contribution in [3.05, 3.63) is 65.5 Å². The van der Waals surface area contributed by atoms with E-state index in [-0.39, 0.29) is 17.5 Å². The van der Waals surface area contributed by atoms with Crippen LogP contribution in [-0.4, -0.2) is 22.5 Å². The van der Waals surface area contributed by atoms with Gasteiger partial charge < -0.3 is 10.2 Å². The van der Waals surface area contributed by atoms with Crippen molar-refractivity contribution in [1.82, 2.24) is 15.2 Å². The summed E-state index contributed by atoms with van der Waals surface area (Å²) in [6.45, 7) is 7.62. The van der Waals surface area contributed by atoms with Gasteiger partial charge in [0.1, 0.15) is 0 Å². The second kappa shape index (κ2) is 6.63. The second-order valence-electron chi connectivity index (χ2n) is 7.35. The van der Waals surface area contributed by atoms with E-state index >= 15 is 0 Å². The van der Waals surface area contributed by atoms with Gasteiger partial charge in [-0.3, -0.25) is 4.98 Å². The summed E-state index contributed by atoms with van der Waals surface area (Å²) in [5.74, 6) is 0. The van der Waals surface area contributed by atoms with Gasteiger partial charge in [0.2, 0.25) is 0 Å². The number of nitrogens with one attached hydrogen (secondary N) is 1. The van der Waals surface area contributed by atoms with Crippen molar-refractivity contribution in [3.63, 3.8) is 0 Å². The van der Waals surface area contributed by atoms with Gasteiger partial charge in [-0.1, -0.05) is 50.2 Å². The van der Waals surface area contributed by atoms with Crippen molar-refractivity contribution < 1.29 is 4.79 Å². The highest BCUT2D eigenvalue weighted by atomic mass is 16.2. The van der Waals surface area contributed by atoms with Crippen molar-refractivity contribution in [2.75, 3.05) is 6.54 Å². The zero-order valence-corrected chi connectivity index (χ0v) is 14.6. The number of carbonyl (C=O) groups is 1. The van der Waals surface area contributed by atoms with E-state index in [0.717, 1.165) is 24.4 Å². The summed E-state index contributed by atoms with van der Waals surface area (Å²) in [6.07, 6.45) is 0.979. The summed E-state index contributed by atoms with van der Waals surface area (Å²) < 4.78 is 0. The van der Waals surface area contributed by atoms with Crippen LogP contribution in [0.25, 0.3) is 0 Å². The zero-order valence-electron chi connectivity index (χ0n) is 14.6. The van der Waals surface area contributed by atoms with Crippen LogP contribution in [0, 0.1) is 12.3 Å². The molecule has 0 radical (unpaired) electrons. The lowest BCUT2D eigenvalue weighted by Crippen LogP contribution is -2.40. The number of benzene rings is 1. The zero-order chi connectivity index (χ0) is 17.2. The highest BCUT2D eigenvalue weighted by Crippen LogP contribution is 2.42. The molecule has 2 heterocycles. The van der Waals surface area contributed by atoms with Gasteiger partial charge in [-0.2, -0.15) is 0 Å². The Bertz CT molecular complexity index is 712. The molecule has 0 aliphatic carbocycles. The van der Waals surface area contributed by atoms with Gasteiger partial charge in [0, 0.05) is 12.2 Å². The smallest absolute Gasteiger partial charge is 0.318 e. The van der Waals surface area contributed by atoms with Crippen molar-refractivity contribution in [1.29, 1.82) is 0 Å². The first-order valence-corrected chi connectivity index (χ1v) is 8.47. The summed E-state index contributed by atoms with van der Waals surface area (Å²) in [6, 6.07) is 16.3. The van der Waals surface area contributed by atoms with Gasteiger partial charge in [-0.15, -0.1) is 0 Å². The molecule has 1 aromatic carbocycles. The molecule has 126 valence electrons. The normalized spacial score (nSPS) is 19.3. The third kappa shape index (κ3) is 3.75. The predicted octanol–water partition coefficient (Wildman–Crippen LogP) is 4.07. The lowest BCUT2D eigenvalue weighted by atomic mass is 9.89. The molecule has 0 bridgehead atoms. The van der Waals surface area contributed by atoms with Crippen LogP contribution in [0.15, 0.2) is 48.5 Å². The minimum Gasteiger partial charge on any atom is -0.332 e. The van der Waals surface area contributed by atoms with E-state index in [1.54, 1.807) is 0 Å². The highest BCUT2D eigenvalue weighted by Gasteiger charge is 2.40. The molecule has 3 rings (SSSR count). The Morgan fingerprint density at radius 1 is 1.21 bits per heavy atom. The molecule has 1 atom stereocenters. The Morgan fingerprint density at radius 2 is 1.96 bits per heavy atom. The molecule has 1 aliphatic rings. The third-order valence-electron chi connectivity index (χ3n) is 4.53. The SMILES string of the molecule is Cc1cccc(CNC(=O)N2CC(C)(C)CC2c2ccccc2)n1. The highest BCUT2D eigenvalue weighted by molar-refractivity contribution is 5.75. The lowest BCUT2D eigenvalue weighted by Gasteiger charge is -2.25.